The van der Waals surface area contributed by atoms with Crippen molar-refractivity contribution in [1.29, 1.82) is 0 Å². The maximum Gasteiger partial charge on any atom is 0.126 e. The van der Waals surface area contributed by atoms with Crippen LogP contribution in [0, 0.1) is 18.6 Å². The Bertz CT molecular complexity index is 548. The van der Waals surface area contributed by atoms with Crippen LogP contribution in [0.4, 0.5) is 8.78 Å². The minimum Gasteiger partial charge on any atom is -0.309 e. The molecule has 18 heavy (non-hydrogen) atoms. The first-order chi connectivity index (χ1) is 8.51. The lowest BCUT2D eigenvalue weighted by atomic mass is 10.1. The summed E-state index contributed by atoms with van der Waals surface area (Å²) in [6, 6.07) is 5.37. The number of aryl methyl sites for hydroxylation is 1. The van der Waals surface area contributed by atoms with Gasteiger partial charge in [-0.05, 0) is 53.7 Å². The molecule has 0 aliphatic rings. The predicted octanol–water partition coefficient (Wildman–Crippen LogP) is 4.41. The van der Waals surface area contributed by atoms with Gasteiger partial charge in [0.25, 0.3) is 0 Å². The molecule has 1 nitrogen and oxygen atoms in total. The van der Waals surface area contributed by atoms with Gasteiger partial charge in [-0.1, -0.05) is 0 Å². The van der Waals surface area contributed by atoms with E-state index in [0.29, 0.717) is 5.56 Å². The second-order valence-corrected chi connectivity index (χ2v) is 6.14. The zero-order chi connectivity index (χ0) is 13.3. The van der Waals surface area contributed by atoms with E-state index in [-0.39, 0.29) is 6.04 Å². The largest absolute Gasteiger partial charge is 0.309 e. The van der Waals surface area contributed by atoms with E-state index in [1.54, 1.807) is 18.4 Å². The van der Waals surface area contributed by atoms with E-state index in [4.69, 9.17) is 0 Å². The second kappa shape index (κ2) is 5.47. The molecule has 0 saturated carbocycles. The highest BCUT2D eigenvalue weighted by Gasteiger charge is 2.18. The molecule has 1 atom stereocenters. The van der Waals surface area contributed by atoms with Gasteiger partial charge < -0.3 is 5.32 Å². The first-order valence-corrected chi connectivity index (χ1v) is 7.01. The number of thiophene rings is 1. The Hall–Kier alpha value is -0.780. The second-order valence-electron chi connectivity index (χ2n) is 3.99. The van der Waals surface area contributed by atoms with Crippen molar-refractivity contribution in [3.05, 3.63) is 55.7 Å². The highest BCUT2D eigenvalue weighted by molar-refractivity contribution is 9.10. The highest BCUT2D eigenvalue weighted by atomic mass is 79.9. The Labute approximate surface area is 117 Å². The van der Waals surface area contributed by atoms with Gasteiger partial charge in [0.1, 0.15) is 11.6 Å². The topological polar surface area (TPSA) is 12.0 Å². The number of nitrogens with one attached hydrogen (secondary N) is 1. The van der Waals surface area contributed by atoms with Gasteiger partial charge in [-0.15, -0.1) is 11.3 Å². The Morgan fingerprint density at radius 3 is 2.22 bits per heavy atom. The summed E-state index contributed by atoms with van der Waals surface area (Å²) in [5, 5.41) is 3.09. The normalized spacial score (nSPS) is 12.7. The zero-order valence-electron chi connectivity index (χ0n) is 9.93. The lowest BCUT2D eigenvalue weighted by Gasteiger charge is -2.16. The maximum atomic E-state index is 13.3. The third-order valence-corrected chi connectivity index (χ3v) is 4.64. The van der Waals surface area contributed by atoms with E-state index >= 15 is 0 Å². The fraction of sp³-hybridized carbons (Fsp3) is 0.231. The van der Waals surface area contributed by atoms with Crippen molar-refractivity contribution in [2.75, 3.05) is 7.05 Å². The van der Waals surface area contributed by atoms with Crippen molar-refractivity contribution in [3.8, 4) is 0 Å². The zero-order valence-corrected chi connectivity index (χ0v) is 12.3. The molecule has 96 valence electrons. The number of hydrogen-bond acceptors (Lipinski definition) is 2. The molecule has 0 saturated heterocycles. The minimum atomic E-state index is -0.561. The molecule has 0 aliphatic carbocycles. The molecule has 0 fully saturated rings. The summed E-state index contributed by atoms with van der Waals surface area (Å²) in [6.07, 6.45) is 0. The molecule has 0 aliphatic heterocycles. The van der Waals surface area contributed by atoms with Crippen molar-refractivity contribution >= 4 is 27.3 Å². The van der Waals surface area contributed by atoms with Crippen LogP contribution >= 0.6 is 27.3 Å². The van der Waals surface area contributed by atoms with Gasteiger partial charge in [-0.3, -0.25) is 0 Å². The number of halogens is 3. The molecule has 1 aromatic heterocycles. The maximum absolute atomic E-state index is 13.3. The first kappa shape index (κ1) is 13.6. The summed E-state index contributed by atoms with van der Waals surface area (Å²) in [5.74, 6) is -1.12. The van der Waals surface area contributed by atoms with E-state index in [1.807, 2.05) is 13.0 Å². The Morgan fingerprint density at radius 1 is 1.17 bits per heavy atom. The van der Waals surface area contributed by atoms with Gasteiger partial charge in [0.15, 0.2) is 0 Å². The van der Waals surface area contributed by atoms with Gasteiger partial charge in [0.2, 0.25) is 0 Å². The third kappa shape index (κ3) is 2.79. The average Bonchev–Trinajstić information content (AvgIpc) is 2.58. The van der Waals surface area contributed by atoms with E-state index < -0.39 is 11.6 Å². The van der Waals surface area contributed by atoms with Crippen LogP contribution < -0.4 is 5.32 Å². The molecule has 0 spiro atoms. The van der Waals surface area contributed by atoms with Crippen molar-refractivity contribution in [1.82, 2.24) is 5.32 Å². The quantitative estimate of drug-likeness (QED) is 0.878. The van der Waals surface area contributed by atoms with Crippen molar-refractivity contribution in [2.45, 2.75) is 13.0 Å². The smallest absolute Gasteiger partial charge is 0.126 e. The third-order valence-electron chi connectivity index (χ3n) is 2.61. The number of rotatable bonds is 3. The molecular weight excluding hydrogens is 320 g/mol. The molecule has 1 N–H and O–H groups in total. The molecule has 1 heterocycles. The molecule has 2 aromatic rings. The molecule has 0 bridgehead atoms. The number of benzene rings is 1. The van der Waals surface area contributed by atoms with Crippen molar-refractivity contribution in [2.24, 2.45) is 0 Å². The Balaban J connectivity index is 2.48. The molecular formula is C13H12BrF2NS. The van der Waals surface area contributed by atoms with Gasteiger partial charge >= 0.3 is 0 Å². The molecule has 0 amide bonds. The summed E-state index contributed by atoms with van der Waals surface area (Å²) in [6.45, 7) is 2.00. The van der Waals surface area contributed by atoms with E-state index in [2.05, 4.69) is 21.2 Å². The van der Waals surface area contributed by atoms with Crippen LogP contribution in [0.25, 0.3) is 0 Å². The van der Waals surface area contributed by atoms with Crippen molar-refractivity contribution < 1.29 is 8.78 Å². The summed E-state index contributed by atoms with van der Waals surface area (Å²) in [7, 11) is 1.77. The average molecular weight is 332 g/mol. The SMILES string of the molecule is CNC(c1cc(F)cc(F)c1)c1sc(C)cc1Br. The monoisotopic (exact) mass is 331 g/mol. The Kier molecular flexibility index (Phi) is 4.14. The van der Waals surface area contributed by atoms with E-state index in [9.17, 15) is 8.78 Å². The fourth-order valence-corrected chi connectivity index (χ4v) is 3.91. The van der Waals surface area contributed by atoms with Crippen LogP contribution in [-0.4, -0.2) is 7.05 Å². The van der Waals surface area contributed by atoms with Gasteiger partial charge in [-0.25, -0.2) is 8.78 Å². The number of hydrogen-bond donors (Lipinski definition) is 1. The summed E-state index contributed by atoms with van der Waals surface area (Å²) < 4.78 is 27.5. The molecule has 1 unspecified atom stereocenters. The summed E-state index contributed by atoms with van der Waals surface area (Å²) in [4.78, 5) is 2.16. The van der Waals surface area contributed by atoms with Crippen LogP contribution in [0.5, 0.6) is 0 Å². The van der Waals surface area contributed by atoms with Gasteiger partial charge in [0.05, 0.1) is 6.04 Å². The van der Waals surface area contributed by atoms with E-state index in [0.717, 1.165) is 20.3 Å². The standard InChI is InChI=1S/C13H12BrF2NS/c1-7-3-11(14)13(18-7)12(17-2)8-4-9(15)6-10(16)5-8/h3-6,12,17H,1-2H3. The van der Waals surface area contributed by atoms with Crippen LogP contribution in [0.3, 0.4) is 0 Å². The highest BCUT2D eigenvalue weighted by Crippen LogP contribution is 2.35. The molecule has 0 radical (unpaired) electrons. The van der Waals surface area contributed by atoms with Crippen LogP contribution in [0.1, 0.15) is 21.4 Å². The van der Waals surface area contributed by atoms with Gasteiger partial charge in [-0.2, -0.15) is 0 Å². The predicted molar refractivity (Wildman–Crippen MR) is 74.0 cm³/mol. The van der Waals surface area contributed by atoms with Crippen LogP contribution in [0.15, 0.2) is 28.7 Å². The Morgan fingerprint density at radius 2 is 1.78 bits per heavy atom. The summed E-state index contributed by atoms with van der Waals surface area (Å²) >= 11 is 5.08. The lowest BCUT2D eigenvalue weighted by molar-refractivity contribution is 0.572. The summed E-state index contributed by atoms with van der Waals surface area (Å²) in [5.41, 5.74) is 0.581. The van der Waals surface area contributed by atoms with Gasteiger partial charge in [0, 0.05) is 20.3 Å². The lowest BCUT2D eigenvalue weighted by Crippen LogP contribution is -2.17. The minimum absolute atomic E-state index is 0.219. The van der Waals surface area contributed by atoms with Crippen molar-refractivity contribution in [3.63, 3.8) is 0 Å². The molecule has 5 heteroatoms. The first-order valence-electron chi connectivity index (χ1n) is 5.40. The fourth-order valence-electron chi connectivity index (χ4n) is 1.89. The molecule has 1 aromatic carbocycles. The van der Waals surface area contributed by atoms with Crippen LogP contribution in [-0.2, 0) is 0 Å². The van der Waals surface area contributed by atoms with E-state index in [1.165, 1.54) is 12.1 Å². The molecule has 2 rings (SSSR count). The van der Waals surface area contributed by atoms with Crippen LogP contribution in [0.2, 0.25) is 0 Å².